The molecule has 2 nitrogen and oxygen atoms in total. The van der Waals surface area contributed by atoms with Gasteiger partial charge in [0.25, 0.3) is 5.91 Å². The zero-order valence-corrected chi connectivity index (χ0v) is 12.8. The number of benzene rings is 1. The van der Waals surface area contributed by atoms with Crippen LogP contribution in [0.2, 0.25) is 0 Å². The monoisotopic (exact) mass is 349 g/mol. The van der Waals surface area contributed by atoms with Crippen molar-refractivity contribution in [3.63, 3.8) is 0 Å². The van der Waals surface area contributed by atoms with Gasteiger partial charge in [-0.3, -0.25) is 4.79 Å². The highest BCUT2D eigenvalue weighted by Gasteiger charge is 2.35. The molecule has 0 radical (unpaired) electrons. The van der Waals surface area contributed by atoms with Crippen molar-refractivity contribution in [3.05, 3.63) is 33.8 Å². The van der Waals surface area contributed by atoms with E-state index >= 15 is 0 Å². The molecule has 0 aromatic heterocycles. The molecule has 1 amide bonds. The molecule has 1 fully saturated rings. The van der Waals surface area contributed by atoms with Crippen LogP contribution in [0.1, 0.15) is 29.3 Å². The fraction of sp³-hybridized carbons (Fsp3) is 0.500. The Balaban J connectivity index is 2.20. The van der Waals surface area contributed by atoms with E-state index in [9.17, 15) is 18.0 Å². The van der Waals surface area contributed by atoms with Crippen LogP contribution in [0.3, 0.4) is 0 Å². The van der Waals surface area contributed by atoms with Crippen molar-refractivity contribution in [1.29, 1.82) is 0 Å². The summed E-state index contributed by atoms with van der Waals surface area (Å²) in [7, 11) is 1.63. The fourth-order valence-corrected chi connectivity index (χ4v) is 2.58. The topological polar surface area (TPSA) is 20.3 Å². The van der Waals surface area contributed by atoms with Crippen LogP contribution in [0.15, 0.2) is 22.7 Å². The highest BCUT2D eigenvalue weighted by atomic mass is 79.9. The van der Waals surface area contributed by atoms with Gasteiger partial charge in [0.15, 0.2) is 0 Å². The molecule has 0 heterocycles. The van der Waals surface area contributed by atoms with Crippen molar-refractivity contribution in [2.75, 3.05) is 13.6 Å². The van der Waals surface area contributed by atoms with Gasteiger partial charge in [-0.25, -0.2) is 0 Å². The number of carbonyl (C=O) groups excluding carboxylic acids is 1. The summed E-state index contributed by atoms with van der Waals surface area (Å²) in [5, 5.41) is 0. The molecular weight excluding hydrogens is 335 g/mol. The maximum atomic E-state index is 12.7. The molecule has 1 saturated carbocycles. The molecule has 6 heteroatoms. The second-order valence-electron chi connectivity index (χ2n) is 5.35. The molecular formula is C14H15BrF3NO. The number of hydrogen-bond acceptors (Lipinski definition) is 1. The minimum atomic E-state index is -4.45. The molecule has 110 valence electrons. The van der Waals surface area contributed by atoms with Crippen molar-refractivity contribution in [3.8, 4) is 0 Å². The van der Waals surface area contributed by atoms with Gasteiger partial charge >= 0.3 is 6.18 Å². The van der Waals surface area contributed by atoms with Gasteiger partial charge in [0.1, 0.15) is 0 Å². The summed E-state index contributed by atoms with van der Waals surface area (Å²) in [4.78, 5) is 13.7. The highest BCUT2D eigenvalue weighted by Crippen LogP contribution is 2.38. The standard InChI is InChI=1S/C14H15BrF3NO/c1-8-5-9(8)7-19(2)13(20)11-6-10(14(16,17)18)3-4-12(11)15/h3-4,6,8-9H,5,7H2,1-2H3. The van der Waals surface area contributed by atoms with Crippen molar-refractivity contribution in [1.82, 2.24) is 4.90 Å². The van der Waals surface area contributed by atoms with Crippen LogP contribution >= 0.6 is 15.9 Å². The van der Waals surface area contributed by atoms with Gasteiger partial charge in [-0.2, -0.15) is 13.2 Å². The first kappa shape index (κ1) is 15.4. The van der Waals surface area contributed by atoms with E-state index in [-0.39, 0.29) is 11.5 Å². The summed E-state index contributed by atoms with van der Waals surface area (Å²) in [5.74, 6) is 0.672. The van der Waals surface area contributed by atoms with Gasteiger partial charge in [0.2, 0.25) is 0 Å². The quantitative estimate of drug-likeness (QED) is 0.800. The average molecular weight is 350 g/mol. The van der Waals surface area contributed by atoms with E-state index in [1.807, 2.05) is 0 Å². The van der Waals surface area contributed by atoms with Crippen LogP contribution in [-0.4, -0.2) is 24.4 Å². The van der Waals surface area contributed by atoms with Gasteiger partial charge in [0, 0.05) is 18.1 Å². The number of rotatable bonds is 3. The average Bonchev–Trinajstić information content (AvgIpc) is 3.03. The normalized spacial score (nSPS) is 21.7. The van der Waals surface area contributed by atoms with Gasteiger partial charge < -0.3 is 4.90 Å². The molecule has 1 aromatic carbocycles. The summed E-state index contributed by atoms with van der Waals surface area (Å²) in [6.07, 6.45) is -3.37. The van der Waals surface area contributed by atoms with E-state index in [0.29, 0.717) is 22.9 Å². The zero-order valence-electron chi connectivity index (χ0n) is 11.2. The smallest absolute Gasteiger partial charge is 0.341 e. The van der Waals surface area contributed by atoms with E-state index in [4.69, 9.17) is 0 Å². The van der Waals surface area contributed by atoms with Crippen LogP contribution in [0.4, 0.5) is 13.2 Å². The largest absolute Gasteiger partial charge is 0.416 e. The van der Waals surface area contributed by atoms with Gasteiger partial charge in [-0.05, 0) is 52.4 Å². The second kappa shape index (κ2) is 5.39. The maximum absolute atomic E-state index is 12.7. The predicted molar refractivity (Wildman–Crippen MR) is 73.4 cm³/mol. The van der Waals surface area contributed by atoms with Gasteiger partial charge in [0.05, 0.1) is 11.1 Å². The molecule has 0 spiro atoms. The summed E-state index contributed by atoms with van der Waals surface area (Å²) < 4.78 is 38.5. The Hall–Kier alpha value is -1.04. The lowest BCUT2D eigenvalue weighted by molar-refractivity contribution is -0.137. The van der Waals surface area contributed by atoms with E-state index in [1.54, 1.807) is 7.05 Å². The lowest BCUT2D eigenvalue weighted by atomic mass is 10.1. The first-order valence-corrected chi connectivity index (χ1v) is 7.11. The Morgan fingerprint density at radius 3 is 2.55 bits per heavy atom. The molecule has 0 aliphatic heterocycles. The first-order valence-electron chi connectivity index (χ1n) is 6.32. The lowest BCUT2D eigenvalue weighted by Gasteiger charge is -2.19. The molecule has 0 N–H and O–H groups in total. The van der Waals surface area contributed by atoms with Gasteiger partial charge in [-0.15, -0.1) is 0 Å². The zero-order chi connectivity index (χ0) is 15.1. The van der Waals surface area contributed by atoms with Gasteiger partial charge in [-0.1, -0.05) is 6.92 Å². The Kier molecular flexibility index (Phi) is 4.14. The lowest BCUT2D eigenvalue weighted by Crippen LogP contribution is -2.29. The number of nitrogens with zero attached hydrogens (tertiary/aromatic N) is 1. The van der Waals surface area contributed by atoms with Crippen molar-refractivity contribution >= 4 is 21.8 Å². The SMILES string of the molecule is CC1CC1CN(C)C(=O)c1cc(C(F)(F)F)ccc1Br. The third kappa shape index (κ3) is 3.34. The Morgan fingerprint density at radius 2 is 2.05 bits per heavy atom. The molecule has 0 bridgehead atoms. The van der Waals surface area contributed by atoms with E-state index in [2.05, 4.69) is 22.9 Å². The molecule has 2 rings (SSSR count). The number of alkyl halides is 3. The van der Waals surface area contributed by atoms with Crippen molar-refractivity contribution in [2.45, 2.75) is 19.5 Å². The van der Waals surface area contributed by atoms with Crippen LogP contribution in [0, 0.1) is 11.8 Å². The molecule has 2 atom stereocenters. The highest BCUT2D eigenvalue weighted by molar-refractivity contribution is 9.10. The third-order valence-corrected chi connectivity index (χ3v) is 4.35. The summed E-state index contributed by atoms with van der Waals surface area (Å²) >= 11 is 3.14. The van der Waals surface area contributed by atoms with Crippen molar-refractivity contribution < 1.29 is 18.0 Å². The first-order chi connectivity index (χ1) is 9.20. The minimum absolute atomic E-state index is 0.0515. The van der Waals surface area contributed by atoms with Crippen LogP contribution in [0.25, 0.3) is 0 Å². The van der Waals surface area contributed by atoms with E-state index < -0.39 is 11.7 Å². The van der Waals surface area contributed by atoms with Crippen LogP contribution in [-0.2, 0) is 6.18 Å². The summed E-state index contributed by atoms with van der Waals surface area (Å²) in [6, 6.07) is 3.13. The third-order valence-electron chi connectivity index (χ3n) is 3.66. The Morgan fingerprint density at radius 1 is 1.45 bits per heavy atom. The maximum Gasteiger partial charge on any atom is 0.416 e. The Bertz CT molecular complexity index is 530. The molecule has 1 aliphatic rings. The molecule has 2 unspecified atom stereocenters. The fourth-order valence-electron chi connectivity index (χ4n) is 2.16. The summed E-state index contributed by atoms with van der Waals surface area (Å²) in [6.45, 7) is 2.69. The number of amides is 1. The predicted octanol–water partition coefficient (Wildman–Crippen LogP) is 4.20. The number of halogens is 4. The number of hydrogen-bond donors (Lipinski definition) is 0. The number of carbonyl (C=O) groups is 1. The molecule has 1 aromatic rings. The van der Waals surface area contributed by atoms with E-state index in [1.165, 1.54) is 11.0 Å². The molecule has 0 saturated heterocycles. The van der Waals surface area contributed by atoms with Crippen molar-refractivity contribution in [2.24, 2.45) is 11.8 Å². The van der Waals surface area contributed by atoms with Crippen LogP contribution in [0.5, 0.6) is 0 Å². The minimum Gasteiger partial charge on any atom is -0.341 e. The second-order valence-corrected chi connectivity index (χ2v) is 6.21. The van der Waals surface area contributed by atoms with Crippen LogP contribution < -0.4 is 0 Å². The Labute approximate surface area is 124 Å². The van der Waals surface area contributed by atoms with E-state index in [0.717, 1.165) is 18.6 Å². The summed E-state index contributed by atoms with van der Waals surface area (Å²) in [5.41, 5.74) is -0.757. The molecule has 1 aliphatic carbocycles. The molecule has 20 heavy (non-hydrogen) atoms.